The predicted molar refractivity (Wildman–Crippen MR) is 131 cm³/mol. The van der Waals surface area contributed by atoms with Crippen LogP contribution in [-0.2, 0) is 0 Å². The van der Waals surface area contributed by atoms with Crippen LogP contribution in [0.2, 0.25) is 0 Å². The summed E-state index contributed by atoms with van der Waals surface area (Å²) < 4.78 is 28.1. The monoisotopic (exact) mass is 458 g/mol. The first kappa shape index (κ1) is 23.0. The molecule has 174 valence electrons. The van der Waals surface area contributed by atoms with Crippen molar-refractivity contribution < 1.29 is 28.5 Å². The maximum absolute atomic E-state index is 13.0. The summed E-state index contributed by atoms with van der Waals surface area (Å²) in [5, 5.41) is 0. The third-order valence-corrected chi connectivity index (χ3v) is 5.50. The Labute approximate surface area is 199 Å². The van der Waals surface area contributed by atoms with E-state index in [0.29, 0.717) is 46.5 Å². The average Bonchev–Trinajstić information content (AvgIpc) is 3.19. The van der Waals surface area contributed by atoms with Gasteiger partial charge in [-0.25, -0.2) is 0 Å². The third kappa shape index (κ3) is 4.62. The molecule has 0 saturated heterocycles. The number of ether oxygens (including phenoxy) is 5. The van der Waals surface area contributed by atoms with E-state index in [1.807, 2.05) is 49.4 Å². The van der Waals surface area contributed by atoms with Crippen molar-refractivity contribution in [1.29, 1.82) is 0 Å². The molecular formula is C28H26O6. The van der Waals surface area contributed by atoms with Gasteiger partial charge < -0.3 is 23.7 Å². The van der Waals surface area contributed by atoms with Crippen molar-refractivity contribution in [2.24, 2.45) is 0 Å². The molecule has 0 spiro atoms. The van der Waals surface area contributed by atoms with Gasteiger partial charge in [0.15, 0.2) is 17.3 Å². The van der Waals surface area contributed by atoms with Crippen LogP contribution in [0.5, 0.6) is 28.7 Å². The van der Waals surface area contributed by atoms with Crippen molar-refractivity contribution in [2.75, 3.05) is 27.9 Å². The summed E-state index contributed by atoms with van der Waals surface area (Å²) in [5.74, 6) is 2.74. The molecule has 0 saturated carbocycles. The number of fused-ring (bicyclic) bond motifs is 1. The first-order chi connectivity index (χ1) is 16.5. The van der Waals surface area contributed by atoms with Crippen LogP contribution in [0.4, 0.5) is 0 Å². The Hall–Kier alpha value is -4.19. The van der Waals surface area contributed by atoms with Crippen molar-refractivity contribution in [3.63, 3.8) is 0 Å². The number of carbonyl (C=O) groups excluding carboxylic acids is 1. The number of benzene rings is 3. The Morgan fingerprint density at radius 1 is 0.853 bits per heavy atom. The van der Waals surface area contributed by atoms with Crippen molar-refractivity contribution in [3.05, 3.63) is 88.7 Å². The minimum atomic E-state index is -0.203. The first-order valence-electron chi connectivity index (χ1n) is 10.8. The highest BCUT2D eigenvalue weighted by Gasteiger charge is 2.30. The van der Waals surface area contributed by atoms with E-state index in [4.69, 9.17) is 23.7 Å². The summed E-state index contributed by atoms with van der Waals surface area (Å²) in [6.07, 6.45) is 5.59. The highest BCUT2D eigenvalue weighted by atomic mass is 16.5. The highest BCUT2D eigenvalue weighted by molar-refractivity contribution is 6.15. The molecule has 0 N–H and O–H groups in total. The minimum Gasteiger partial charge on any atom is -0.496 e. The Balaban J connectivity index is 1.56. The van der Waals surface area contributed by atoms with Gasteiger partial charge in [-0.1, -0.05) is 36.4 Å². The van der Waals surface area contributed by atoms with Crippen LogP contribution in [0.1, 0.15) is 27.0 Å². The minimum absolute atomic E-state index is 0.199. The normalized spacial score (nSPS) is 13.6. The molecule has 4 rings (SSSR count). The smallest absolute Gasteiger partial charge is 0.231 e. The Bertz CT molecular complexity index is 1260. The summed E-state index contributed by atoms with van der Waals surface area (Å²) in [4.78, 5) is 13.0. The van der Waals surface area contributed by atoms with Crippen LogP contribution in [0.15, 0.2) is 66.4 Å². The molecule has 0 atom stereocenters. The number of allylic oxidation sites excluding steroid dienone is 1. The topological polar surface area (TPSA) is 63.2 Å². The van der Waals surface area contributed by atoms with Gasteiger partial charge in [0.2, 0.25) is 5.78 Å². The fourth-order valence-electron chi connectivity index (χ4n) is 3.72. The van der Waals surface area contributed by atoms with E-state index in [1.54, 1.807) is 51.7 Å². The summed E-state index contributed by atoms with van der Waals surface area (Å²) in [6.45, 7) is 2.27. The van der Waals surface area contributed by atoms with Crippen LogP contribution in [0.3, 0.4) is 0 Å². The molecule has 3 aromatic carbocycles. The Morgan fingerprint density at radius 2 is 1.56 bits per heavy atom. The van der Waals surface area contributed by atoms with Gasteiger partial charge in [0.25, 0.3) is 0 Å². The molecule has 0 bridgehead atoms. The fraction of sp³-hybridized carbons (Fsp3) is 0.179. The van der Waals surface area contributed by atoms with Gasteiger partial charge in [-0.05, 0) is 42.8 Å². The Morgan fingerprint density at radius 3 is 2.26 bits per heavy atom. The quantitative estimate of drug-likeness (QED) is 0.402. The molecular weight excluding hydrogens is 432 g/mol. The average molecular weight is 459 g/mol. The predicted octanol–water partition coefficient (Wildman–Crippen LogP) is 5.73. The number of carbonyl (C=O) groups is 1. The number of hydrogen-bond acceptors (Lipinski definition) is 6. The zero-order valence-corrected chi connectivity index (χ0v) is 19.6. The zero-order valence-electron chi connectivity index (χ0n) is 19.6. The second-order valence-electron chi connectivity index (χ2n) is 7.58. The lowest BCUT2D eigenvalue weighted by molar-refractivity contribution is 0.101. The van der Waals surface area contributed by atoms with Crippen molar-refractivity contribution in [2.45, 2.75) is 6.92 Å². The molecule has 6 heteroatoms. The maximum atomic E-state index is 13.0. The second kappa shape index (κ2) is 10.2. The fourth-order valence-corrected chi connectivity index (χ4v) is 3.72. The van der Waals surface area contributed by atoms with E-state index in [2.05, 4.69) is 0 Å². The standard InChI is InChI=1S/C28H26O6/c1-18-22(33-14-8-11-19-9-6-5-7-10-19)13-12-21-27(29)26(34-28(18)21)16-20-15-24(31-3)25(32-4)17-23(20)30-2/h5-13,15-17H,14H2,1-4H3/b11-8+,26-16-. The molecule has 0 aromatic heterocycles. The number of ketones is 1. The SMILES string of the molecule is COc1cc(OC)c(OC)cc1/C=C1\Oc2c(ccc(OC/C=C/c3ccccc3)c2C)C1=O. The second-order valence-corrected chi connectivity index (χ2v) is 7.58. The molecule has 0 aliphatic carbocycles. The van der Waals surface area contributed by atoms with E-state index in [1.165, 1.54) is 0 Å². The van der Waals surface area contributed by atoms with Crippen LogP contribution in [-0.4, -0.2) is 33.7 Å². The molecule has 3 aromatic rings. The number of methoxy groups -OCH3 is 3. The third-order valence-electron chi connectivity index (χ3n) is 5.50. The molecule has 0 amide bonds. The van der Waals surface area contributed by atoms with Gasteiger partial charge >= 0.3 is 0 Å². The van der Waals surface area contributed by atoms with E-state index in [-0.39, 0.29) is 11.5 Å². The Kier molecular flexibility index (Phi) is 6.87. The van der Waals surface area contributed by atoms with Gasteiger partial charge in [-0.15, -0.1) is 0 Å². The lowest BCUT2D eigenvalue weighted by Gasteiger charge is -2.12. The molecule has 1 aliphatic heterocycles. The number of Topliss-reactive ketones (excluding diaryl/α,β-unsaturated/α-hetero) is 1. The van der Waals surface area contributed by atoms with Crippen LogP contribution < -0.4 is 23.7 Å². The lowest BCUT2D eigenvalue weighted by atomic mass is 10.1. The lowest BCUT2D eigenvalue weighted by Crippen LogP contribution is -2.00. The molecule has 0 radical (unpaired) electrons. The number of hydrogen-bond donors (Lipinski definition) is 0. The molecule has 1 heterocycles. The van der Waals surface area contributed by atoms with Gasteiger partial charge in [0, 0.05) is 17.2 Å². The van der Waals surface area contributed by atoms with Gasteiger partial charge in [-0.3, -0.25) is 4.79 Å². The van der Waals surface area contributed by atoms with Gasteiger partial charge in [0.1, 0.15) is 23.9 Å². The van der Waals surface area contributed by atoms with Crippen LogP contribution in [0.25, 0.3) is 12.2 Å². The van der Waals surface area contributed by atoms with Gasteiger partial charge in [0.05, 0.1) is 26.9 Å². The molecule has 0 unspecified atom stereocenters. The van der Waals surface area contributed by atoms with E-state index in [0.717, 1.165) is 11.1 Å². The summed E-state index contributed by atoms with van der Waals surface area (Å²) >= 11 is 0. The largest absolute Gasteiger partial charge is 0.496 e. The van der Waals surface area contributed by atoms with E-state index >= 15 is 0 Å². The van der Waals surface area contributed by atoms with E-state index in [9.17, 15) is 4.79 Å². The van der Waals surface area contributed by atoms with E-state index < -0.39 is 0 Å². The summed E-state index contributed by atoms with van der Waals surface area (Å²) in [7, 11) is 4.65. The van der Waals surface area contributed by atoms with Crippen molar-refractivity contribution >= 4 is 17.9 Å². The number of rotatable bonds is 8. The van der Waals surface area contributed by atoms with Crippen molar-refractivity contribution in [1.82, 2.24) is 0 Å². The highest BCUT2D eigenvalue weighted by Crippen LogP contribution is 2.41. The van der Waals surface area contributed by atoms with Gasteiger partial charge in [-0.2, -0.15) is 0 Å². The molecule has 6 nitrogen and oxygen atoms in total. The molecule has 34 heavy (non-hydrogen) atoms. The maximum Gasteiger partial charge on any atom is 0.231 e. The summed E-state index contributed by atoms with van der Waals surface area (Å²) in [5.41, 5.74) is 3.00. The molecule has 1 aliphatic rings. The summed E-state index contributed by atoms with van der Waals surface area (Å²) in [6, 6.07) is 17.0. The van der Waals surface area contributed by atoms with Crippen molar-refractivity contribution in [3.8, 4) is 28.7 Å². The van der Waals surface area contributed by atoms with Crippen LogP contribution in [0, 0.1) is 6.92 Å². The van der Waals surface area contributed by atoms with Crippen LogP contribution >= 0.6 is 0 Å². The first-order valence-corrected chi connectivity index (χ1v) is 10.8. The molecule has 0 fully saturated rings. The zero-order chi connectivity index (χ0) is 24.1.